The molecule has 2 N–H and O–H groups in total. The maximum atomic E-state index is 5.99. The van der Waals surface area contributed by atoms with Crippen molar-refractivity contribution in [2.24, 2.45) is 5.92 Å². The Hall–Kier alpha value is -3.13. The molecule has 2 saturated heterocycles. The zero-order valence-corrected chi connectivity index (χ0v) is 22.1. The fraction of sp³-hybridized carbons (Fsp3) is 0.464. The lowest BCUT2D eigenvalue weighted by atomic mass is 9.99. The molecule has 2 aliphatic rings. The molecule has 2 aliphatic heterocycles. The Kier molecular flexibility index (Phi) is 7.70. The average molecular weight is 505 g/mol. The fourth-order valence-corrected chi connectivity index (χ4v) is 5.17. The van der Waals surface area contributed by atoms with Crippen LogP contribution >= 0.6 is 12.2 Å². The normalized spacial score (nSPS) is 18.8. The third kappa shape index (κ3) is 5.98. The van der Waals surface area contributed by atoms with Crippen molar-refractivity contribution >= 4 is 34.9 Å². The van der Waals surface area contributed by atoms with E-state index in [9.17, 15) is 0 Å². The molecule has 0 bridgehead atoms. The van der Waals surface area contributed by atoms with E-state index in [4.69, 9.17) is 26.6 Å². The highest BCUT2D eigenvalue weighted by Gasteiger charge is 2.24. The van der Waals surface area contributed by atoms with Crippen LogP contribution in [0.25, 0.3) is 11.3 Å². The van der Waals surface area contributed by atoms with Gasteiger partial charge >= 0.3 is 0 Å². The summed E-state index contributed by atoms with van der Waals surface area (Å²) < 4.78 is 5.99. The monoisotopic (exact) mass is 504 g/mol. The number of thiocarbonyl (C=S) groups is 1. The second kappa shape index (κ2) is 11.3. The van der Waals surface area contributed by atoms with Crippen LogP contribution in [0.2, 0.25) is 0 Å². The third-order valence-corrected chi connectivity index (χ3v) is 7.52. The molecular formula is C28H36N6OS. The molecule has 0 spiro atoms. The van der Waals surface area contributed by atoms with Gasteiger partial charge in [0.1, 0.15) is 23.2 Å². The van der Waals surface area contributed by atoms with E-state index >= 15 is 0 Å². The van der Waals surface area contributed by atoms with Gasteiger partial charge in [-0.25, -0.2) is 0 Å². The number of anilines is 3. The number of benzene rings is 1. The number of nitrogens with zero attached hydrogens (tertiary/aromatic N) is 4. The van der Waals surface area contributed by atoms with Crippen molar-refractivity contribution in [1.82, 2.24) is 15.3 Å². The van der Waals surface area contributed by atoms with E-state index in [2.05, 4.69) is 40.3 Å². The van der Waals surface area contributed by atoms with Crippen LogP contribution in [0.15, 0.2) is 52.9 Å². The van der Waals surface area contributed by atoms with E-state index in [0.717, 1.165) is 54.3 Å². The van der Waals surface area contributed by atoms with Crippen LogP contribution in [0.3, 0.4) is 0 Å². The predicted octanol–water partition coefficient (Wildman–Crippen LogP) is 5.84. The van der Waals surface area contributed by atoms with Crippen molar-refractivity contribution < 1.29 is 4.42 Å². The van der Waals surface area contributed by atoms with E-state index in [0.29, 0.717) is 23.6 Å². The zero-order valence-electron chi connectivity index (χ0n) is 21.2. The molecule has 4 heterocycles. The summed E-state index contributed by atoms with van der Waals surface area (Å²) in [6, 6.07) is 16.7. The highest BCUT2D eigenvalue weighted by Crippen LogP contribution is 2.29. The van der Waals surface area contributed by atoms with Crippen LogP contribution in [-0.4, -0.2) is 40.8 Å². The average Bonchev–Trinajstić information content (AvgIpc) is 3.38. The van der Waals surface area contributed by atoms with Crippen LogP contribution in [-0.2, 0) is 6.54 Å². The van der Waals surface area contributed by atoms with Crippen LogP contribution < -0.4 is 20.4 Å². The van der Waals surface area contributed by atoms with Gasteiger partial charge in [0.05, 0.1) is 6.54 Å². The third-order valence-electron chi connectivity index (χ3n) is 7.27. The van der Waals surface area contributed by atoms with Gasteiger partial charge in [0.15, 0.2) is 5.11 Å². The largest absolute Gasteiger partial charge is 0.459 e. The summed E-state index contributed by atoms with van der Waals surface area (Å²) in [5.41, 5.74) is 1.06. The molecule has 7 nitrogen and oxygen atoms in total. The Bertz CT molecular complexity index is 1160. The van der Waals surface area contributed by atoms with E-state index in [1.807, 2.05) is 42.5 Å². The number of piperidine rings is 2. The van der Waals surface area contributed by atoms with Gasteiger partial charge in [-0.15, -0.1) is 0 Å². The van der Waals surface area contributed by atoms with Gasteiger partial charge in [-0.2, -0.15) is 9.97 Å². The first-order valence-corrected chi connectivity index (χ1v) is 13.6. The molecule has 0 unspecified atom stereocenters. The number of furan rings is 1. The van der Waals surface area contributed by atoms with Gasteiger partial charge in [-0.3, -0.25) is 0 Å². The van der Waals surface area contributed by atoms with Gasteiger partial charge in [0.2, 0.25) is 5.95 Å². The van der Waals surface area contributed by atoms with Gasteiger partial charge in [-0.05, 0) is 69.3 Å². The lowest BCUT2D eigenvalue weighted by Gasteiger charge is -2.36. The van der Waals surface area contributed by atoms with Crippen LogP contribution in [0.4, 0.5) is 17.6 Å². The summed E-state index contributed by atoms with van der Waals surface area (Å²) in [4.78, 5) is 14.5. The molecule has 0 amide bonds. The van der Waals surface area contributed by atoms with Crippen LogP contribution in [0, 0.1) is 5.92 Å². The van der Waals surface area contributed by atoms with Gasteiger partial charge < -0.3 is 24.9 Å². The maximum absolute atomic E-state index is 5.99. The van der Waals surface area contributed by atoms with E-state index in [1.165, 1.54) is 32.1 Å². The number of hydrogen-bond acceptors (Lipinski definition) is 6. The molecule has 190 valence electrons. The number of aromatic nitrogens is 2. The van der Waals surface area contributed by atoms with Gasteiger partial charge in [-0.1, -0.05) is 37.3 Å². The minimum Gasteiger partial charge on any atom is -0.459 e. The summed E-state index contributed by atoms with van der Waals surface area (Å²) in [6.45, 7) is 8.18. The molecule has 0 saturated carbocycles. The summed E-state index contributed by atoms with van der Waals surface area (Å²) in [5, 5.41) is 6.96. The summed E-state index contributed by atoms with van der Waals surface area (Å²) in [5.74, 6) is 4.93. The SMILES string of the molecule is CC1CCN(c2cc(N3CCCC[C@@H]3C)nc(NC(=S)NCc3ccc(-c4ccccc4)o3)n2)CC1. The molecule has 36 heavy (non-hydrogen) atoms. The summed E-state index contributed by atoms with van der Waals surface area (Å²) in [6.07, 6.45) is 6.04. The topological polar surface area (TPSA) is 69.5 Å². The Labute approximate surface area is 219 Å². The molecule has 8 heteroatoms. The summed E-state index contributed by atoms with van der Waals surface area (Å²) in [7, 11) is 0. The predicted molar refractivity (Wildman–Crippen MR) is 151 cm³/mol. The Balaban J connectivity index is 1.28. The van der Waals surface area contributed by atoms with Crippen molar-refractivity contribution in [3.8, 4) is 11.3 Å². The lowest BCUT2D eigenvalue weighted by Crippen LogP contribution is -2.39. The quantitative estimate of drug-likeness (QED) is 0.406. The number of hydrogen-bond donors (Lipinski definition) is 2. The fourth-order valence-electron chi connectivity index (χ4n) is 5.01. The van der Waals surface area contributed by atoms with Crippen molar-refractivity contribution in [2.45, 2.75) is 58.5 Å². The van der Waals surface area contributed by atoms with Crippen molar-refractivity contribution in [3.63, 3.8) is 0 Å². The second-order valence-electron chi connectivity index (χ2n) is 10.1. The first-order chi connectivity index (χ1) is 17.5. The first kappa shape index (κ1) is 24.6. The van der Waals surface area contributed by atoms with E-state index in [-0.39, 0.29) is 0 Å². The van der Waals surface area contributed by atoms with Gasteiger partial charge in [0, 0.05) is 37.3 Å². The maximum Gasteiger partial charge on any atom is 0.232 e. The first-order valence-electron chi connectivity index (χ1n) is 13.1. The van der Waals surface area contributed by atoms with Crippen molar-refractivity contribution in [2.75, 3.05) is 34.8 Å². The molecule has 0 radical (unpaired) electrons. The Morgan fingerprint density at radius 3 is 2.53 bits per heavy atom. The van der Waals surface area contributed by atoms with E-state index in [1.54, 1.807) is 0 Å². The van der Waals surface area contributed by atoms with Crippen LogP contribution in [0.5, 0.6) is 0 Å². The van der Waals surface area contributed by atoms with E-state index < -0.39 is 0 Å². The summed E-state index contributed by atoms with van der Waals surface area (Å²) >= 11 is 5.60. The molecular weight excluding hydrogens is 468 g/mol. The van der Waals surface area contributed by atoms with Crippen molar-refractivity contribution in [3.05, 3.63) is 54.3 Å². The molecule has 5 rings (SSSR count). The molecule has 0 aliphatic carbocycles. The highest BCUT2D eigenvalue weighted by atomic mass is 32.1. The minimum absolute atomic E-state index is 0.471. The number of rotatable bonds is 6. The minimum atomic E-state index is 0.471. The molecule has 1 atom stereocenters. The zero-order chi connectivity index (χ0) is 24.9. The second-order valence-corrected chi connectivity index (χ2v) is 10.5. The highest BCUT2D eigenvalue weighted by molar-refractivity contribution is 7.80. The Morgan fingerprint density at radius 2 is 1.75 bits per heavy atom. The lowest BCUT2D eigenvalue weighted by molar-refractivity contribution is 0.436. The smallest absolute Gasteiger partial charge is 0.232 e. The Morgan fingerprint density at radius 1 is 0.972 bits per heavy atom. The standard InChI is InChI=1S/C28H36N6OS/c1-20-13-16-33(17-14-20)25-18-26(34-15-7-6-8-21(34)2)31-27(30-25)32-28(36)29-19-23-11-12-24(35-23)22-9-4-3-5-10-22/h3-5,9-12,18,20-21H,6-8,13-17,19H2,1-2H3,(H2,29,30,31,32,36)/t21-/m0/s1. The molecule has 1 aromatic carbocycles. The molecule has 3 aromatic rings. The molecule has 2 fully saturated rings. The van der Waals surface area contributed by atoms with Gasteiger partial charge in [0.25, 0.3) is 0 Å². The number of nitrogens with one attached hydrogen (secondary N) is 2. The molecule has 2 aromatic heterocycles. The van der Waals surface area contributed by atoms with Crippen LogP contribution in [0.1, 0.15) is 51.7 Å². The van der Waals surface area contributed by atoms with Crippen molar-refractivity contribution in [1.29, 1.82) is 0 Å².